The predicted octanol–water partition coefficient (Wildman–Crippen LogP) is 2.45. The van der Waals surface area contributed by atoms with E-state index in [1.807, 2.05) is 0 Å². The third-order valence-electron chi connectivity index (χ3n) is 5.81. The van der Waals surface area contributed by atoms with Gasteiger partial charge in [-0.1, -0.05) is 31.9 Å². The summed E-state index contributed by atoms with van der Waals surface area (Å²) in [4.78, 5) is 27.5. The minimum Gasteiger partial charge on any atom is -0.356 e. The molecule has 0 radical (unpaired) electrons. The van der Waals surface area contributed by atoms with Gasteiger partial charge in [0.25, 0.3) is 0 Å². The molecule has 31 heavy (non-hydrogen) atoms. The van der Waals surface area contributed by atoms with E-state index in [4.69, 9.17) is 0 Å². The maximum atomic E-state index is 13.7. The molecular formula is C22H31FN6O2. The number of benzene rings is 1. The molecule has 0 saturated carbocycles. The molecule has 1 N–H and O–H groups in total. The van der Waals surface area contributed by atoms with Gasteiger partial charge in [0.2, 0.25) is 11.8 Å². The summed E-state index contributed by atoms with van der Waals surface area (Å²) in [6, 6.07) is 5.56. The molecule has 3 rings (SSSR count). The Morgan fingerprint density at radius 1 is 1.26 bits per heavy atom. The number of halogens is 1. The fourth-order valence-corrected chi connectivity index (χ4v) is 4.00. The van der Waals surface area contributed by atoms with Crippen LogP contribution in [-0.2, 0) is 16.0 Å². The predicted molar refractivity (Wildman–Crippen MR) is 114 cm³/mol. The molecule has 1 aromatic heterocycles. The summed E-state index contributed by atoms with van der Waals surface area (Å²) in [5, 5.41) is 14.6. The summed E-state index contributed by atoms with van der Waals surface area (Å²) in [6.07, 6.45) is 4.77. The maximum Gasteiger partial charge on any atom is 0.247 e. The highest BCUT2D eigenvalue weighted by atomic mass is 19.1. The van der Waals surface area contributed by atoms with Gasteiger partial charge in [-0.05, 0) is 54.3 Å². The van der Waals surface area contributed by atoms with Crippen LogP contribution >= 0.6 is 0 Å². The fraction of sp³-hybridized carbons (Fsp3) is 0.591. The average Bonchev–Trinajstić information content (AvgIpc) is 3.20. The van der Waals surface area contributed by atoms with E-state index in [2.05, 4.69) is 27.8 Å². The number of nitrogens with zero attached hydrogens (tertiary/aromatic N) is 5. The number of amides is 2. The number of piperidine rings is 1. The number of aryl methyl sites for hydroxylation is 1. The second-order valence-electron chi connectivity index (χ2n) is 8.12. The van der Waals surface area contributed by atoms with Crippen LogP contribution in [0.25, 0.3) is 0 Å². The SMILES string of the molecule is CCCCCNC(=O)C1CCN(C(=O)[C@H](Cc2cccc(F)c2)n2nnnc2C)CC1. The van der Waals surface area contributed by atoms with Gasteiger partial charge < -0.3 is 10.2 Å². The molecule has 1 fully saturated rings. The van der Waals surface area contributed by atoms with Crippen LogP contribution in [0.3, 0.4) is 0 Å². The molecule has 2 aromatic rings. The van der Waals surface area contributed by atoms with E-state index in [1.54, 1.807) is 24.0 Å². The molecule has 168 valence electrons. The molecule has 9 heteroatoms. The first-order chi connectivity index (χ1) is 15.0. The summed E-state index contributed by atoms with van der Waals surface area (Å²) >= 11 is 0. The van der Waals surface area contributed by atoms with Crippen molar-refractivity contribution in [3.63, 3.8) is 0 Å². The van der Waals surface area contributed by atoms with Crippen LogP contribution in [0.5, 0.6) is 0 Å². The lowest BCUT2D eigenvalue weighted by Crippen LogP contribution is -2.46. The molecule has 1 aromatic carbocycles. The molecule has 0 unspecified atom stereocenters. The molecule has 1 saturated heterocycles. The largest absolute Gasteiger partial charge is 0.356 e. The Balaban J connectivity index is 1.63. The van der Waals surface area contributed by atoms with Crippen LogP contribution < -0.4 is 5.32 Å². The number of hydrogen-bond donors (Lipinski definition) is 1. The lowest BCUT2D eigenvalue weighted by atomic mass is 9.94. The second kappa shape index (κ2) is 11.0. The van der Waals surface area contributed by atoms with Crippen molar-refractivity contribution < 1.29 is 14.0 Å². The Bertz CT molecular complexity index is 878. The number of tetrazole rings is 1. The van der Waals surface area contributed by atoms with Crippen LogP contribution in [0.2, 0.25) is 0 Å². The van der Waals surface area contributed by atoms with Gasteiger partial charge in [0.15, 0.2) is 0 Å². The van der Waals surface area contributed by atoms with E-state index >= 15 is 0 Å². The Labute approximate surface area is 182 Å². The summed E-state index contributed by atoms with van der Waals surface area (Å²) in [5.74, 6) is 0.0819. The maximum absolute atomic E-state index is 13.7. The topological polar surface area (TPSA) is 93.0 Å². The van der Waals surface area contributed by atoms with Gasteiger partial charge in [-0.15, -0.1) is 5.10 Å². The summed E-state index contributed by atoms with van der Waals surface area (Å²) in [6.45, 7) is 5.59. The molecule has 1 atom stereocenters. The number of nitrogens with one attached hydrogen (secondary N) is 1. The highest BCUT2D eigenvalue weighted by molar-refractivity contribution is 5.82. The number of aromatic nitrogens is 4. The van der Waals surface area contributed by atoms with Crippen molar-refractivity contribution in [3.8, 4) is 0 Å². The Morgan fingerprint density at radius 2 is 2.03 bits per heavy atom. The molecule has 2 heterocycles. The van der Waals surface area contributed by atoms with Crippen molar-refractivity contribution in [3.05, 3.63) is 41.5 Å². The number of likely N-dealkylation sites (tertiary alicyclic amines) is 1. The van der Waals surface area contributed by atoms with Gasteiger partial charge in [-0.3, -0.25) is 9.59 Å². The molecule has 0 spiro atoms. The van der Waals surface area contributed by atoms with Gasteiger partial charge in [-0.2, -0.15) is 0 Å². The number of carbonyl (C=O) groups is 2. The zero-order valence-electron chi connectivity index (χ0n) is 18.3. The van der Waals surface area contributed by atoms with E-state index < -0.39 is 6.04 Å². The molecule has 1 aliphatic rings. The van der Waals surface area contributed by atoms with E-state index in [1.165, 1.54) is 16.8 Å². The highest BCUT2D eigenvalue weighted by Gasteiger charge is 2.33. The van der Waals surface area contributed by atoms with Crippen LogP contribution in [0.1, 0.15) is 56.5 Å². The van der Waals surface area contributed by atoms with Gasteiger partial charge in [0, 0.05) is 32.0 Å². The molecule has 2 amide bonds. The van der Waals surface area contributed by atoms with Crippen LogP contribution in [0.4, 0.5) is 4.39 Å². The quantitative estimate of drug-likeness (QED) is 0.617. The lowest BCUT2D eigenvalue weighted by molar-refractivity contribution is -0.138. The normalized spacial score (nSPS) is 15.6. The minimum atomic E-state index is -0.656. The summed E-state index contributed by atoms with van der Waals surface area (Å²) < 4.78 is 15.2. The lowest BCUT2D eigenvalue weighted by Gasteiger charge is -2.33. The standard InChI is InChI=1S/C22H31FN6O2/c1-3-4-5-11-24-21(30)18-9-12-28(13-10-18)22(31)20(29-16(2)25-26-27-29)15-17-7-6-8-19(23)14-17/h6-8,14,18,20H,3-5,9-13,15H2,1-2H3,(H,24,30)/t20-/m0/s1. The number of carbonyl (C=O) groups excluding carboxylic acids is 2. The number of hydrogen-bond acceptors (Lipinski definition) is 5. The van der Waals surface area contributed by atoms with Crippen molar-refractivity contribution in [2.75, 3.05) is 19.6 Å². The molecule has 1 aliphatic heterocycles. The Kier molecular flexibility index (Phi) is 8.08. The zero-order valence-corrected chi connectivity index (χ0v) is 18.3. The summed E-state index contributed by atoms with van der Waals surface area (Å²) in [7, 11) is 0. The average molecular weight is 431 g/mol. The van der Waals surface area contributed by atoms with Gasteiger partial charge in [0.05, 0.1) is 0 Å². The van der Waals surface area contributed by atoms with Crippen molar-refractivity contribution in [1.82, 2.24) is 30.4 Å². The van der Waals surface area contributed by atoms with E-state index in [9.17, 15) is 14.0 Å². The Morgan fingerprint density at radius 3 is 2.68 bits per heavy atom. The van der Waals surface area contributed by atoms with Crippen molar-refractivity contribution >= 4 is 11.8 Å². The van der Waals surface area contributed by atoms with Crippen LogP contribution in [-0.4, -0.2) is 56.6 Å². The monoisotopic (exact) mass is 430 g/mol. The smallest absolute Gasteiger partial charge is 0.247 e. The third-order valence-corrected chi connectivity index (χ3v) is 5.81. The van der Waals surface area contributed by atoms with Gasteiger partial charge in [-0.25, -0.2) is 9.07 Å². The Hall–Kier alpha value is -2.84. The highest BCUT2D eigenvalue weighted by Crippen LogP contribution is 2.23. The number of unbranched alkanes of at least 4 members (excludes halogenated alkanes) is 2. The van der Waals surface area contributed by atoms with Crippen molar-refractivity contribution in [2.24, 2.45) is 5.92 Å². The van der Waals surface area contributed by atoms with Crippen molar-refractivity contribution in [2.45, 2.75) is 58.4 Å². The van der Waals surface area contributed by atoms with Crippen LogP contribution in [0.15, 0.2) is 24.3 Å². The van der Waals surface area contributed by atoms with Gasteiger partial charge >= 0.3 is 0 Å². The van der Waals surface area contributed by atoms with Crippen LogP contribution in [0, 0.1) is 18.7 Å². The van der Waals surface area contributed by atoms with Gasteiger partial charge in [0.1, 0.15) is 17.7 Å². The fourth-order valence-electron chi connectivity index (χ4n) is 4.00. The molecule has 8 nitrogen and oxygen atoms in total. The first-order valence-corrected chi connectivity index (χ1v) is 11.0. The van der Waals surface area contributed by atoms with Crippen molar-refractivity contribution in [1.29, 1.82) is 0 Å². The first kappa shape index (κ1) is 22.8. The molecular weight excluding hydrogens is 399 g/mol. The van der Waals surface area contributed by atoms with E-state index in [0.29, 0.717) is 50.3 Å². The molecule has 0 bridgehead atoms. The second-order valence-corrected chi connectivity index (χ2v) is 8.12. The first-order valence-electron chi connectivity index (χ1n) is 11.0. The number of rotatable bonds is 9. The van der Waals surface area contributed by atoms with E-state index in [0.717, 1.165) is 19.3 Å². The minimum absolute atomic E-state index is 0.0675. The summed E-state index contributed by atoms with van der Waals surface area (Å²) in [5.41, 5.74) is 0.703. The van der Waals surface area contributed by atoms with E-state index in [-0.39, 0.29) is 23.5 Å². The third kappa shape index (κ3) is 6.08. The zero-order chi connectivity index (χ0) is 22.2. The molecule has 0 aliphatic carbocycles.